The average Bonchev–Trinajstić information content (AvgIpc) is 2.59. The lowest BCUT2D eigenvalue weighted by atomic mass is 9.91. The highest BCUT2D eigenvalue weighted by Gasteiger charge is 2.24. The van der Waals surface area contributed by atoms with Crippen LogP contribution in [-0.2, 0) is 13.0 Å². The zero-order valence-corrected chi connectivity index (χ0v) is 13.3. The first-order valence-electron chi connectivity index (χ1n) is 8.07. The second-order valence-corrected chi connectivity index (χ2v) is 6.18. The number of carbonyl (C=O) groups excluding carboxylic acids is 1. The summed E-state index contributed by atoms with van der Waals surface area (Å²) in [6.07, 6.45) is 2.76. The number of hydrogen-bond donors (Lipinski definition) is 2. The summed E-state index contributed by atoms with van der Waals surface area (Å²) in [5.74, 6) is 0.0609. The molecule has 0 bridgehead atoms. The van der Waals surface area contributed by atoms with Crippen LogP contribution in [0.3, 0.4) is 0 Å². The number of carbonyl (C=O) groups is 1. The largest absolute Gasteiger partial charge is 0.391 e. The van der Waals surface area contributed by atoms with Crippen LogP contribution in [-0.4, -0.2) is 28.0 Å². The second kappa shape index (κ2) is 7.02. The van der Waals surface area contributed by atoms with Crippen LogP contribution in [0, 0.1) is 6.92 Å². The Labute approximate surface area is 136 Å². The van der Waals surface area contributed by atoms with E-state index in [0.29, 0.717) is 18.4 Å². The lowest BCUT2D eigenvalue weighted by Gasteiger charge is -2.29. The summed E-state index contributed by atoms with van der Waals surface area (Å²) >= 11 is 0. The van der Waals surface area contributed by atoms with E-state index in [9.17, 15) is 9.90 Å². The lowest BCUT2D eigenvalue weighted by Crippen LogP contribution is -2.44. The van der Waals surface area contributed by atoms with Crippen molar-refractivity contribution in [1.82, 2.24) is 10.3 Å². The standard InChI is InChI=1S/C19H22N2O2/c1-13-10-15(8-9-20-13)18(22)6-7-19(23)17-11-14-4-2-3-5-16(14)12-21-17/h2-5,8-10,17,19,21,23H,6-7,11-12H2,1H3/t17-,19+/m0/s1. The summed E-state index contributed by atoms with van der Waals surface area (Å²) in [6.45, 7) is 2.64. The number of aryl methyl sites for hydroxylation is 1. The SMILES string of the molecule is Cc1cc(C(=O)CC[C@@H](O)[C@@H]2Cc3ccccc3CN2)ccn1. The molecule has 120 valence electrons. The molecule has 0 saturated carbocycles. The molecule has 2 aromatic rings. The molecule has 0 spiro atoms. The van der Waals surface area contributed by atoms with Gasteiger partial charge in [0, 0.05) is 36.5 Å². The van der Waals surface area contributed by atoms with E-state index in [1.54, 1.807) is 18.3 Å². The highest BCUT2D eigenvalue weighted by atomic mass is 16.3. The summed E-state index contributed by atoms with van der Waals surface area (Å²) < 4.78 is 0. The third-order valence-corrected chi connectivity index (χ3v) is 4.46. The van der Waals surface area contributed by atoms with Crippen LogP contribution in [0.1, 0.15) is 40.0 Å². The van der Waals surface area contributed by atoms with E-state index in [-0.39, 0.29) is 11.8 Å². The maximum Gasteiger partial charge on any atom is 0.163 e. The number of pyridine rings is 1. The Morgan fingerprint density at radius 3 is 2.91 bits per heavy atom. The van der Waals surface area contributed by atoms with Crippen LogP contribution >= 0.6 is 0 Å². The number of hydrogen-bond acceptors (Lipinski definition) is 4. The van der Waals surface area contributed by atoms with Crippen LogP contribution in [0.4, 0.5) is 0 Å². The quantitative estimate of drug-likeness (QED) is 0.833. The molecule has 1 aliphatic heterocycles. The molecular formula is C19H22N2O2. The fraction of sp³-hybridized carbons (Fsp3) is 0.368. The number of nitrogens with zero attached hydrogens (tertiary/aromatic N) is 1. The molecule has 2 heterocycles. The second-order valence-electron chi connectivity index (χ2n) is 6.18. The van der Waals surface area contributed by atoms with Gasteiger partial charge in [-0.15, -0.1) is 0 Å². The van der Waals surface area contributed by atoms with E-state index < -0.39 is 6.10 Å². The first-order valence-corrected chi connectivity index (χ1v) is 8.07. The normalized spacial score (nSPS) is 18.3. The predicted octanol–water partition coefficient (Wildman–Crippen LogP) is 2.43. The van der Waals surface area contributed by atoms with Crippen molar-refractivity contribution in [2.75, 3.05) is 0 Å². The van der Waals surface area contributed by atoms with Crippen LogP contribution in [0.15, 0.2) is 42.6 Å². The zero-order valence-electron chi connectivity index (χ0n) is 13.3. The van der Waals surface area contributed by atoms with Gasteiger partial charge in [0.2, 0.25) is 0 Å². The van der Waals surface area contributed by atoms with Gasteiger partial charge in [-0.2, -0.15) is 0 Å². The van der Waals surface area contributed by atoms with Gasteiger partial charge in [0.05, 0.1) is 6.10 Å². The molecule has 4 nitrogen and oxygen atoms in total. The molecule has 2 N–H and O–H groups in total. The highest BCUT2D eigenvalue weighted by molar-refractivity contribution is 5.96. The van der Waals surface area contributed by atoms with Crippen molar-refractivity contribution in [3.05, 3.63) is 65.0 Å². The van der Waals surface area contributed by atoms with Gasteiger partial charge in [-0.25, -0.2) is 0 Å². The summed E-state index contributed by atoms with van der Waals surface area (Å²) in [7, 11) is 0. The van der Waals surface area contributed by atoms with Crippen molar-refractivity contribution in [3.8, 4) is 0 Å². The Balaban J connectivity index is 1.56. The predicted molar refractivity (Wildman–Crippen MR) is 89.3 cm³/mol. The van der Waals surface area contributed by atoms with Crippen LogP contribution in [0.2, 0.25) is 0 Å². The number of benzene rings is 1. The van der Waals surface area contributed by atoms with Crippen molar-refractivity contribution in [1.29, 1.82) is 0 Å². The van der Waals surface area contributed by atoms with Gasteiger partial charge < -0.3 is 10.4 Å². The molecule has 0 saturated heterocycles. The van der Waals surface area contributed by atoms with Crippen LogP contribution < -0.4 is 5.32 Å². The summed E-state index contributed by atoms with van der Waals surface area (Å²) in [4.78, 5) is 16.3. The van der Waals surface area contributed by atoms with Crippen LogP contribution in [0.5, 0.6) is 0 Å². The molecule has 0 fully saturated rings. The maximum atomic E-state index is 12.2. The van der Waals surface area contributed by atoms with Gasteiger partial charge in [-0.05, 0) is 43.0 Å². The van der Waals surface area contributed by atoms with Crippen molar-refractivity contribution in [2.45, 2.75) is 44.9 Å². The number of rotatable bonds is 5. The number of ketones is 1. The molecule has 0 amide bonds. The highest BCUT2D eigenvalue weighted by Crippen LogP contribution is 2.20. The number of aliphatic hydroxyl groups is 1. The minimum Gasteiger partial charge on any atom is -0.391 e. The average molecular weight is 310 g/mol. The fourth-order valence-corrected chi connectivity index (χ4v) is 3.09. The van der Waals surface area contributed by atoms with E-state index in [1.807, 2.05) is 19.1 Å². The molecule has 4 heteroatoms. The Morgan fingerprint density at radius 1 is 1.35 bits per heavy atom. The first-order chi connectivity index (χ1) is 11.1. The van der Waals surface area contributed by atoms with Gasteiger partial charge in [0.15, 0.2) is 5.78 Å². The van der Waals surface area contributed by atoms with Gasteiger partial charge >= 0.3 is 0 Å². The van der Waals surface area contributed by atoms with Crippen molar-refractivity contribution < 1.29 is 9.90 Å². The minimum absolute atomic E-state index is 0.0110. The van der Waals surface area contributed by atoms with Crippen molar-refractivity contribution in [3.63, 3.8) is 0 Å². The van der Waals surface area contributed by atoms with E-state index in [2.05, 4.69) is 22.4 Å². The van der Waals surface area contributed by atoms with Gasteiger partial charge in [-0.3, -0.25) is 9.78 Å². The van der Waals surface area contributed by atoms with E-state index in [4.69, 9.17) is 0 Å². The number of aliphatic hydroxyl groups excluding tert-OH is 1. The fourth-order valence-electron chi connectivity index (χ4n) is 3.09. The molecule has 0 aliphatic carbocycles. The number of fused-ring (bicyclic) bond motifs is 1. The van der Waals surface area contributed by atoms with E-state index in [0.717, 1.165) is 18.7 Å². The van der Waals surface area contributed by atoms with Crippen LogP contribution in [0.25, 0.3) is 0 Å². The summed E-state index contributed by atoms with van der Waals surface area (Å²) in [6, 6.07) is 11.8. The lowest BCUT2D eigenvalue weighted by molar-refractivity contribution is 0.0877. The topological polar surface area (TPSA) is 62.2 Å². The zero-order chi connectivity index (χ0) is 16.2. The van der Waals surface area contributed by atoms with Gasteiger partial charge in [-0.1, -0.05) is 24.3 Å². The molecule has 3 rings (SSSR count). The number of nitrogens with one attached hydrogen (secondary N) is 1. The summed E-state index contributed by atoms with van der Waals surface area (Å²) in [5.41, 5.74) is 4.08. The molecule has 0 radical (unpaired) electrons. The Hall–Kier alpha value is -2.04. The summed E-state index contributed by atoms with van der Waals surface area (Å²) in [5, 5.41) is 13.8. The monoisotopic (exact) mass is 310 g/mol. The maximum absolute atomic E-state index is 12.2. The van der Waals surface area contributed by atoms with E-state index in [1.165, 1.54) is 11.1 Å². The number of Topliss-reactive ketones (excluding diaryl/α,β-unsaturated/α-hetero) is 1. The number of aromatic nitrogens is 1. The first kappa shape index (κ1) is 15.8. The van der Waals surface area contributed by atoms with Crippen molar-refractivity contribution >= 4 is 5.78 Å². The Kier molecular flexibility index (Phi) is 4.84. The van der Waals surface area contributed by atoms with Gasteiger partial charge in [0.25, 0.3) is 0 Å². The van der Waals surface area contributed by atoms with Gasteiger partial charge in [0.1, 0.15) is 0 Å². The van der Waals surface area contributed by atoms with Crippen molar-refractivity contribution in [2.24, 2.45) is 0 Å². The Bertz CT molecular complexity index is 699. The Morgan fingerprint density at radius 2 is 2.13 bits per heavy atom. The third-order valence-electron chi connectivity index (χ3n) is 4.46. The molecule has 23 heavy (non-hydrogen) atoms. The molecule has 2 atom stereocenters. The molecule has 1 aliphatic rings. The van der Waals surface area contributed by atoms with E-state index >= 15 is 0 Å². The molecular weight excluding hydrogens is 288 g/mol. The third kappa shape index (κ3) is 3.84. The minimum atomic E-state index is -0.518. The smallest absolute Gasteiger partial charge is 0.163 e. The molecule has 1 aromatic carbocycles. The molecule has 1 aromatic heterocycles. The molecule has 0 unspecified atom stereocenters.